The summed E-state index contributed by atoms with van der Waals surface area (Å²) in [7, 11) is 1.41. The van der Waals surface area contributed by atoms with Crippen molar-refractivity contribution in [2.24, 2.45) is 0 Å². The van der Waals surface area contributed by atoms with Crippen LogP contribution in [0.3, 0.4) is 0 Å². The lowest BCUT2D eigenvalue weighted by molar-refractivity contribution is 0.343. The van der Waals surface area contributed by atoms with Gasteiger partial charge in [0.1, 0.15) is 0 Å². The SMILES string of the molecule is CC.COc1c(F)cc(/C=C/CO)cc1Br. The smallest absolute Gasteiger partial charge is 0.168 e. The number of benzene rings is 1. The first-order valence-electron chi connectivity index (χ1n) is 4.99. The average molecular weight is 291 g/mol. The van der Waals surface area contributed by atoms with Crippen LogP contribution in [0, 0.1) is 5.82 Å². The zero-order chi connectivity index (χ0) is 12.6. The van der Waals surface area contributed by atoms with E-state index in [-0.39, 0.29) is 12.4 Å². The second kappa shape index (κ2) is 8.30. The molecule has 0 aliphatic rings. The summed E-state index contributed by atoms with van der Waals surface area (Å²) in [5.74, 6) is -0.245. The summed E-state index contributed by atoms with van der Waals surface area (Å²) in [4.78, 5) is 0. The van der Waals surface area contributed by atoms with E-state index in [0.717, 1.165) is 0 Å². The van der Waals surface area contributed by atoms with Crippen LogP contribution in [0.4, 0.5) is 4.39 Å². The van der Waals surface area contributed by atoms with E-state index >= 15 is 0 Å². The van der Waals surface area contributed by atoms with Crippen LogP contribution in [-0.4, -0.2) is 18.8 Å². The van der Waals surface area contributed by atoms with Gasteiger partial charge in [0, 0.05) is 0 Å². The minimum absolute atomic E-state index is 0.0642. The van der Waals surface area contributed by atoms with E-state index in [1.165, 1.54) is 19.3 Å². The molecule has 1 aromatic rings. The highest BCUT2D eigenvalue weighted by atomic mass is 79.9. The van der Waals surface area contributed by atoms with E-state index in [9.17, 15) is 4.39 Å². The number of aliphatic hydroxyl groups is 1. The van der Waals surface area contributed by atoms with E-state index in [4.69, 9.17) is 9.84 Å². The van der Waals surface area contributed by atoms with Gasteiger partial charge < -0.3 is 9.84 Å². The molecule has 0 amide bonds. The fourth-order valence-electron chi connectivity index (χ4n) is 1.06. The predicted octanol–water partition coefficient (Wildman–Crippen LogP) is 3.63. The molecule has 0 bridgehead atoms. The number of rotatable bonds is 3. The lowest BCUT2D eigenvalue weighted by atomic mass is 10.2. The maximum Gasteiger partial charge on any atom is 0.168 e. The first kappa shape index (κ1) is 15.1. The van der Waals surface area contributed by atoms with Crippen molar-refractivity contribution < 1.29 is 14.2 Å². The summed E-state index contributed by atoms with van der Waals surface area (Å²) in [5, 5.41) is 8.55. The zero-order valence-electron chi connectivity index (χ0n) is 9.63. The van der Waals surface area contributed by atoms with Gasteiger partial charge in [0.05, 0.1) is 18.2 Å². The number of ether oxygens (including phenoxy) is 1. The summed E-state index contributed by atoms with van der Waals surface area (Å²) in [5.41, 5.74) is 0.671. The predicted molar refractivity (Wildman–Crippen MR) is 68.1 cm³/mol. The van der Waals surface area contributed by atoms with Crippen LogP contribution >= 0.6 is 15.9 Å². The molecule has 16 heavy (non-hydrogen) atoms. The molecule has 0 heterocycles. The molecule has 0 saturated carbocycles. The zero-order valence-corrected chi connectivity index (χ0v) is 11.2. The largest absolute Gasteiger partial charge is 0.492 e. The molecule has 1 N–H and O–H groups in total. The van der Waals surface area contributed by atoms with Crippen molar-refractivity contribution in [1.29, 1.82) is 0 Å². The molecule has 0 saturated heterocycles. The fraction of sp³-hybridized carbons (Fsp3) is 0.333. The monoisotopic (exact) mass is 290 g/mol. The van der Waals surface area contributed by atoms with Crippen LogP contribution in [0.2, 0.25) is 0 Å². The van der Waals surface area contributed by atoms with Gasteiger partial charge in [-0.25, -0.2) is 4.39 Å². The Morgan fingerprint density at radius 3 is 2.50 bits per heavy atom. The van der Waals surface area contributed by atoms with Gasteiger partial charge in [-0.3, -0.25) is 0 Å². The van der Waals surface area contributed by atoms with Crippen LogP contribution in [0.15, 0.2) is 22.7 Å². The molecule has 0 spiro atoms. The summed E-state index contributed by atoms with van der Waals surface area (Å²) >= 11 is 3.19. The van der Waals surface area contributed by atoms with E-state index in [2.05, 4.69) is 15.9 Å². The molecule has 4 heteroatoms. The van der Waals surface area contributed by atoms with Gasteiger partial charge in [0.2, 0.25) is 0 Å². The van der Waals surface area contributed by atoms with Gasteiger partial charge in [0.25, 0.3) is 0 Å². The van der Waals surface area contributed by atoms with Crippen molar-refractivity contribution in [1.82, 2.24) is 0 Å². The van der Waals surface area contributed by atoms with Crippen LogP contribution in [0.25, 0.3) is 6.08 Å². The Bertz CT molecular complexity index is 328. The summed E-state index contributed by atoms with van der Waals surface area (Å²) in [6.45, 7) is 3.94. The Labute approximate surface area is 104 Å². The first-order chi connectivity index (χ1) is 7.69. The van der Waals surface area contributed by atoms with Gasteiger partial charge in [-0.05, 0) is 33.6 Å². The Balaban J connectivity index is 0.00000106. The van der Waals surface area contributed by atoms with E-state index < -0.39 is 5.82 Å². The first-order valence-corrected chi connectivity index (χ1v) is 5.78. The summed E-state index contributed by atoms with van der Waals surface area (Å²) < 4.78 is 18.7. The van der Waals surface area contributed by atoms with Crippen molar-refractivity contribution in [3.05, 3.63) is 34.1 Å². The van der Waals surface area contributed by atoms with Crippen molar-refractivity contribution in [2.75, 3.05) is 13.7 Å². The molecule has 1 rings (SSSR count). The third-order valence-electron chi connectivity index (χ3n) is 1.64. The topological polar surface area (TPSA) is 29.5 Å². The Morgan fingerprint density at radius 2 is 2.06 bits per heavy atom. The summed E-state index contributed by atoms with van der Waals surface area (Å²) in [6, 6.07) is 3.06. The van der Waals surface area contributed by atoms with Crippen molar-refractivity contribution in [2.45, 2.75) is 13.8 Å². The van der Waals surface area contributed by atoms with Gasteiger partial charge in [-0.1, -0.05) is 26.0 Å². The van der Waals surface area contributed by atoms with Crippen LogP contribution in [0.1, 0.15) is 19.4 Å². The van der Waals surface area contributed by atoms with Crippen molar-refractivity contribution >= 4 is 22.0 Å². The second-order valence-corrected chi connectivity index (χ2v) is 3.46. The maximum absolute atomic E-state index is 13.3. The second-order valence-electron chi connectivity index (χ2n) is 2.60. The lowest BCUT2D eigenvalue weighted by Gasteiger charge is -2.05. The maximum atomic E-state index is 13.3. The Morgan fingerprint density at radius 1 is 1.44 bits per heavy atom. The molecular formula is C12H16BrFO2. The summed E-state index contributed by atoms with van der Waals surface area (Å²) in [6.07, 6.45) is 3.17. The molecule has 0 fully saturated rings. The number of hydrogen-bond donors (Lipinski definition) is 1. The third-order valence-corrected chi connectivity index (χ3v) is 2.23. The highest BCUT2D eigenvalue weighted by molar-refractivity contribution is 9.10. The highest BCUT2D eigenvalue weighted by Gasteiger charge is 2.07. The molecule has 0 aliphatic heterocycles. The normalized spacial score (nSPS) is 9.88. The number of hydrogen-bond acceptors (Lipinski definition) is 2. The highest BCUT2D eigenvalue weighted by Crippen LogP contribution is 2.29. The van der Waals surface area contributed by atoms with E-state index in [1.54, 1.807) is 12.1 Å². The van der Waals surface area contributed by atoms with Crippen molar-refractivity contribution in [3.8, 4) is 5.75 Å². The van der Waals surface area contributed by atoms with Crippen molar-refractivity contribution in [3.63, 3.8) is 0 Å². The third kappa shape index (κ3) is 4.33. The van der Waals surface area contributed by atoms with Crippen LogP contribution in [0.5, 0.6) is 5.75 Å². The Kier molecular flexibility index (Phi) is 7.85. The minimum atomic E-state index is -0.431. The van der Waals surface area contributed by atoms with E-state index in [0.29, 0.717) is 10.0 Å². The standard InChI is InChI=1S/C10H10BrFO2.C2H6/c1-14-10-8(11)5-7(3-2-4-13)6-9(10)12;1-2/h2-3,5-6,13H,4H2,1H3;1-2H3/b3-2+;. The van der Waals surface area contributed by atoms with Gasteiger partial charge >= 0.3 is 0 Å². The number of methoxy groups -OCH3 is 1. The molecular weight excluding hydrogens is 275 g/mol. The molecule has 2 nitrogen and oxygen atoms in total. The van der Waals surface area contributed by atoms with Gasteiger partial charge in [-0.2, -0.15) is 0 Å². The quantitative estimate of drug-likeness (QED) is 0.921. The fourth-order valence-corrected chi connectivity index (χ4v) is 1.68. The Hall–Kier alpha value is -0.870. The molecule has 0 aliphatic carbocycles. The average Bonchev–Trinajstić information content (AvgIpc) is 2.29. The van der Waals surface area contributed by atoms with Gasteiger partial charge in [-0.15, -0.1) is 0 Å². The van der Waals surface area contributed by atoms with Gasteiger partial charge in [0.15, 0.2) is 11.6 Å². The minimum Gasteiger partial charge on any atom is -0.492 e. The number of halogens is 2. The lowest BCUT2D eigenvalue weighted by Crippen LogP contribution is -1.90. The molecule has 1 aromatic carbocycles. The molecule has 0 aromatic heterocycles. The molecule has 90 valence electrons. The van der Waals surface area contributed by atoms with Crippen LogP contribution < -0.4 is 4.74 Å². The molecule has 0 radical (unpaired) electrons. The number of aliphatic hydroxyl groups excluding tert-OH is 1. The molecule has 0 atom stereocenters. The van der Waals surface area contributed by atoms with E-state index in [1.807, 2.05) is 13.8 Å². The van der Waals surface area contributed by atoms with Crippen LogP contribution in [-0.2, 0) is 0 Å². The molecule has 0 unspecified atom stereocenters.